The SMILES string of the molecule is CCOC(=O)c1ccc(N2CCCN(c3cccc(F)n3)CC2)nc1. The third kappa shape index (κ3) is 4.23. The zero-order valence-electron chi connectivity index (χ0n) is 14.2. The quantitative estimate of drug-likeness (QED) is 0.627. The van der Waals surface area contributed by atoms with Crippen LogP contribution in [0.15, 0.2) is 36.5 Å². The van der Waals surface area contributed by atoms with Crippen molar-refractivity contribution in [3.8, 4) is 0 Å². The Morgan fingerprint density at radius 2 is 1.88 bits per heavy atom. The van der Waals surface area contributed by atoms with E-state index in [2.05, 4.69) is 19.8 Å². The number of nitrogens with zero attached hydrogens (tertiary/aromatic N) is 4. The molecule has 0 aliphatic carbocycles. The minimum atomic E-state index is -0.463. The number of pyridine rings is 2. The minimum Gasteiger partial charge on any atom is -0.462 e. The molecule has 1 fully saturated rings. The first kappa shape index (κ1) is 17.1. The summed E-state index contributed by atoms with van der Waals surface area (Å²) in [6.07, 6.45) is 2.46. The maximum absolute atomic E-state index is 13.3. The first-order valence-electron chi connectivity index (χ1n) is 8.43. The van der Waals surface area contributed by atoms with Crippen LogP contribution in [0.25, 0.3) is 0 Å². The highest BCUT2D eigenvalue weighted by atomic mass is 19.1. The van der Waals surface area contributed by atoms with E-state index in [-0.39, 0.29) is 5.97 Å². The summed E-state index contributed by atoms with van der Waals surface area (Å²) < 4.78 is 18.3. The number of carbonyl (C=O) groups is 1. The largest absolute Gasteiger partial charge is 0.462 e. The fourth-order valence-corrected chi connectivity index (χ4v) is 2.86. The second kappa shape index (κ2) is 7.92. The molecule has 0 bridgehead atoms. The van der Waals surface area contributed by atoms with Gasteiger partial charge in [0.1, 0.15) is 11.6 Å². The Balaban J connectivity index is 1.65. The molecule has 7 heteroatoms. The van der Waals surface area contributed by atoms with E-state index in [4.69, 9.17) is 4.74 Å². The zero-order chi connectivity index (χ0) is 17.6. The summed E-state index contributed by atoms with van der Waals surface area (Å²) in [7, 11) is 0. The van der Waals surface area contributed by atoms with Crippen molar-refractivity contribution in [3.05, 3.63) is 48.0 Å². The normalized spacial score (nSPS) is 15.0. The first-order chi connectivity index (χ1) is 12.2. The fraction of sp³-hybridized carbons (Fsp3) is 0.389. The molecular formula is C18H21FN4O2. The molecule has 3 rings (SSSR count). The first-order valence-corrected chi connectivity index (χ1v) is 8.43. The summed E-state index contributed by atoms with van der Waals surface area (Å²) in [4.78, 5) is 24.3. The lowest BCUT2D eigenvalue weighted by Crippen LogP contribution is -2.31. The average Bonchev–Trinajstić information content (AvgIpc) is 2.88. The van der Waals surface area contributed by atoms with Crippen LogP contribution in [0.5, 0.6) is 0 Å². The van der Waals surface area contributed by atoms with Crippen LogP contribution < -0.4 is 9.80 Å². The molecule has 1 aliphatic heterocycles. The van der Waals surface area contributed by atoms with Crippen LogP contribution in [-0.2, 0) is 4.74 Å². The summed E-state index contributed by atoms with van der Waals surface area (Å²) in [5.41, 5.74) is 0.450. The lowest BCUT2D eigenvalue weighted by molar-refractivity contribution is 0.0526. The molecule has 0 saturated carbocycles. The number of rotatable bonds is 4. The fourth-order valence-electron chi connectivity index (χ4n) is 2.86. The van der Waals surface area contributed by atoms with Gasteiger partial charge < -0.3 is 14.5 Å². The number of halogens is 1. The average molecular weight is 344 g/mol. The van der Waals surface area contributed by atoms with Crippen LogP contribution in [0.2, 0.25) is 0 Å². The van der Waals surface area contributed by atoms with Crippen molar-refractivity contribution < 1.29 is 13.9 Å². The maximum Gasteiger partial charge on any atom is 0.339 e. The van der Waals surface area contributed by atoms with E-state index in [0.29, 0.717) is 18.0 Å². The van der Waals surface area contributed by atoms with Crippen molar-refractivity contribution in [3.63, 3.8) is 0 Å². The highest BCUT2D eigenvalue weighted by Gasteiger charge is 2.18. The number of ether oxygens (including phenoxy) is 1. The van der Waals surface area contributed by atoms with Gasteiger partial charge in [0.15, 0.2) is 0 Å². The third-order valence-corrected chi connectivity index (χ3v) is 4.10. The van der Waals surface area contributed by atoms with Gasteiger partial charge in [0.2, 0.25) is 5.95 Å². The molecule has 25 heavy (non-hydrogen) atoms. The van der Waals surface area contributed by atoms with Gasteiger partial charge in [0, 0.05) is 32.4 Å². The molecular weight excluding hydrogens is 323 g/mol. The van der Waals surface area contributed by atoms with Crippen molar-refractivity contribution in [1.82, 2.24) is 9.97 Å². The molecule has 0 radical (unpaired) electrons. The smallest absolute Gasteiger partial charge is 0.339 e. The summed E-state index contributed by atoms with van der Waals surface area (Å²) >= 11 is 0. The highest BCUT2D eigenvalue weighted by molar-refractivity contribution is 5.89. The van der Waals surface area contributed by atoms with Crippen LogP contribution in [0.3, 0.4) is 0 Å². The van der Waals surface area contributed by atoms with Gasteiger partial charge in [-0.15, -0.1) is 0 Å². The molecule has 0 unspecified atom stereocenters. The van der Waals surface area contributed by atoms with E-state index in [1.54, 1.807) is 25.3 Å². The van der Waals surface area contributed by atoms with E-state index < -0.39 is 5.95 Å². The predicted molar refractivity (Wildman–Crippen MR) is 93.4 cm³/mol. The van der Waals surface area contributed by atoms with Gasteiger partial charge in [-0.3, -0.25) is 0 Å². The van der Waals surface area contributed by atoms with Crippen LogP contribution in [-0.4, -0.2) is 48.7 Å². The maximum atomic E-state index is 13.3. The molecule has 1 aliphatic rings. The van der Waals surface area contributed by atoms with Crippen LogP contribution in [0.1, 0.15) is 23.7 Å². The van der Waals surface area contributed by atoms with Gasteiger partial charge in [0.05, 0.1) is 12.2 Å². The van der Waals surface area contributed by atoms with Crippen LogP contribution in [0, 0.1) is 5.95 Å². The topological polar surface area (TPSA) is 58.6 Å². The molecule has 0 amide bonds. The Morgan fingerprint density at radius 1 is 1.12 bits per heavy atom. The van der Waals surface area contributed by atoms with Gasteiger partial charge in [-0.1, -0.05) is 6.07 Å². The second-order valence-electron chi connectivity index (χ2n) is 5.77. The second-order valence-corrected chi connectivity index (χ2v) is 5.77. The van der Waals surface area contributed by atoms with Gasteiger partial charge in [-0.2, -0.15) is 4.39 Å². The standard InChI is InChI=1S/C18H21FN4O2/c1-2-25-18(24)14-7-8-16(20-13-14)22-9-4-10-23(12-11-22)17-6-3-5-15(19)21-17/h3,5-8,13H,2,4,9-12H2,1H3. The molecule has 0 N–H and O–H groups in total. The zero-order valence-corrected chi connectivity index (χ0v) is 14.2. The van der Waals surface area contributed by atoms with Crippen molar-refractivity contribution >= 4 is 17.6 Å². The Kier molecular flexibility index (Phi) is 5.42. The van der Waals surface area contributed by atoms with E-state index in [9.17, 15) is 9.18 Å². The Hall–Kier alpha value is -2.70. The van der Waals surface area contributed by atoms with E-state index in [0.717, 1.165) is 38.4 Å². The van der Waals surface area contributed by atoms with E-state index in [1.807, 2.05) is 12.1 Å². The van der Waals surface area contributed by atoms with Crippen molar-refractivity contribution in [1.29, 1.82) is 0 Å². The summed E-state index contributed by atoms with van der Waals surface area (Å²) in [5.74, 6) is 0.658. The minimum absolute atomic E-state index is 0.344. The number of hydrogen-bond acceptors (Lipinski definition) is 6. The Morgan fingerprint density at radius 3 is 2.52 bits per heavy atom. The predicted octanol–water partition coefficient (Wildman–Crippen LogP) is 2.51. The molecule has 2 aromatic rings. The number of hydrogen-bond donors (Lipinski definition) is 0. The molecule has 0 atom stereocenters. The number of anilines is 2. The lowest BCUT2D eigenvalue weighted by atomic mass is 10.2. The molecule has 1 saturated heterocycles. The van der Waals surface area contributed by atoms with E-state index in [1.165, 1.54) is 6.07 Å². The van der Waals surface area contributed by atoms with Gasteiger partial charge >= 0.3 is 5.97 Å². The third-order valence-electron chi connectivity index (χ3n) is 4.10. The molecule has 6 nitrogen and oxygen atoms in total. The van der Waals surface area contributed by atoms with E-state index >= 15 is 0 Å². The van der Waals surface area contributed by atoms with Crippen LogP contribution >= 0.6 is 0 Å². The van der Waals surface area contributed by atoms with Gasteiger partial charge in [0.25, 0.3) is 0 Å². The molecule has 0 spiro atoms. The van der Waals surface area contributed by atoms with Gasteiger partial charge in [-0.05, 0) is 37.6 Å². The molecule has 3 heterocycles. The van der Waals surface area contributed by atoms with Crippen molar-refractivity contribution in [2.45, 2.75) is 13.3 Å². The molecule has 0 aromatic carbocycles. The Labute approximate surface area is 146 Å². The number of aromatic nitrogens is 2. The van der Waals surface area contributed by atoms with Crippen LogP contribution in [0.4, 0.5) is 16.0 Å². The highest BCUT2D eigenvalue weighted by Crippen LogP contribution is 2.18. The van der Waals surface area contributed by atoms with Gasteiger partial charge in [-0.25, -0.2) is 14.8 Å². The summed E-state index contributed by atoms with van der Waals surface area (Å²) in [6.45, 7) is 5.26. The summed E-state index contributed by atoms with van der Waals surface area (Å²) in [6, 6.07) is 8.42. The number of esters is 1. The number of carbonyl (C=O) groups excluding carboxylic acids is 1. The van der Waals surface area contributed by atoms with Crippen molar-refractivity contribution in [2.24, 2.45) is 0 Å². The molecule has 2 aromatic heterocycles. The Bertz CT molecular complexity index is 723. The van der Waals surface area contributed by atoms with Crippen molar-refractivity contribution in [2.75, 3.05) is 42.6 Å². The lowest BCUT2D eigenvalue weighted by Gasteiger charge is -2.23. The monoisotopic (exact) mass is 344 g/mol. The summed E-state index contributed by atoms with van der Waals surface area (Å²) in [5, 5.41) is 0. The molecule has 132 valence electrons.